The van der Waals surface area contributed by atoms with Gasteiger partial charge in [0.05, 0.1) is 6.61 Å². The lowest BCUT2D eigenvalue weighted by atomic mass is 10.1. The molecule has 2 amide bonds. The first kappa shape index (κ1) is 14.1. The SMILES string of the molecule is NCCOCC(=O)NCc1cccc(C(N)=O)c1. The third-order valence-electron chi connectivity index (χ3n) is 2.20. The fraction of sp³-hybridized carbons (Fsp3) is 0.333. The van der Waals surface area contributed by atoms with E-state index in [1.807, 2.05) is 0 Å². The normalized spacial score (nSPS) is 10.1. The Balaban J connectivity index is 2.41. The molecule has 18 heavy (non-hydrogen) atoms. The number of carbonyl (C=O) groups excluding carboxylic acids is 2. The number of hydrogen-bond acceptors (Lipinski definition) is 4. The number of hydrogen-bond donors (Lipinski definition) is 3. The average molecular weight is 251 g/mol. The van der Waals surface area contributed by atoms with Crippen molar-refractivity contribution in [2.45, 2.75) is 6.54 Å². The van der Waals surface area contributed by atoms with Gasteiger partial charge in [-0.15, -0.1) is 0 Å². The topological polar surface area (TPSA) is 107 Å². The Hall–Kier alpha value is -1.92. The minimum Gasteiger partial charge on any atom is -0.370 e. The maximum absolute atomic E-state index is 11.3. The Morgan fingerprint density at radius 2 is 2.11 bits per heavy atom. The van der Waals surface area contributed by atoms with E-state index in [0.29, 0.717) is 25.3 Å². The fourth-order valence-electron chi connectivity index (χ4n) is 1.33. The molecule has 0 aromatic heterocycles. The van der Waals surface area contributed by atoms with Crippen molar-refractivity contribution in [2.24, 2.45) is 11.5 Å². The van der Waals surface area contributed by atoms with Gasteiger partial charge in [-0.3, -0.25) is 9.59 Å². The van der Waals surface area contributed by atoms with Crippen molar-refractivity contribution < 1.29 is 14.3 Å². The smallest absolute Gasteiger partial charge is 0.248 e. The summed E-state index contributed by atoms with van der Waals surface area (Å²) in [6, 6.07) is 6.78. The van der Waals surface area contributed by atoms with Crippen LogP contribution in [0.15, 0.2) is 24.3 Å². The zero-order valence-electron chi connectivity index (χ0n) is 10.0. The highest BCUT2D eigenvalue weighted by molar-refractivity contribution is 5.92. The lowest BCUT2D eigenvalue weighted by Crippen LogP contribution is -2.28. The Morgan fingerprint density at radius 1 is 1.33 bits per heavy atom. The highest BCUT2D eigenvalue weighted by Crippen LogP contribution is 2.04. The van der Waals surface area contributed by atoms with Gasteiger partial charge in [0, 0.05) is 18.7 Å². The predicted molar refractivity (Wildman–Crippen MR) is 66.7 cm³/mol. The van der Waals surface area contributed by atoms with Gasteiger partial charge in [0.15, 0.2) is 0 Å². The first-order valence-corrected chi connectivity index (χ1v) is 5.56. The summed E-state index contributed by atoms with van der Waals surface area (Å²) in [6.45, 7) is 1.04. The van der Waals surface area contributed by atoms with Crippen LogP contribution in [0.1, 0.15) is 15.9 Å². The summed E-state index contributed by atoms with van der Waals surface area (Å²) in [5.41, 5.74) is 11.6. The second-order valence-corrected chi connectivity index (χ2v) is 3.68. The van der Waals surface area contributed by atoms with Crippen molar-refractivity contribution in [1.29, 1.82) is 0 Å². The second-order valence-electron chi connectivity index (χ2n) is 3.68. The van der Waals surface area contributed by atoms with Crippen molar-refractivity contribution in [3.8, 4) is 0 Å². The lowest BCUT2D eigenvalue weighted by molar-refractivity contribution is -0.125. The summed E-state index contributed by atoms with van der Waals surface area (Å²) in [7, 11) is 0. The fourth-order valence-corrected chi connectivity index (χ4v) is 1.33. The zero-order chi connectivity index (χ0) is 13.4. The van der Waals surface area contributed by atoms with Crippen molar-refractivity contribution in [2.75, 3.05) is 19.8 Å². The number of amides is 2. The molecule has 0 spiro atoms. The van der Waals surface area contributed by atoms with E-state index in [2.05, 4.69) is 5.32 Å². The van der Waals surface area contributed by atoms with Crippen LogP contribution in [-0.4, -0.2) is 31.6 Å². The highest BCUT2D eigenvalue weighted by Gasteiger charge is 2.03. The molecular weight excluding hydrogens is 234 g/mol. The molecule has 0 saturated heterocycles. The minimum atomic E-state index is -0.491. The van der Waals surface area contributed by atoms with E-state index < -0.39 is 5.91 Å². The Morgan fingerprint density at radius 3 is 2.78 bits per heavy atom. The Kier molecular flexibility index (Phi) is 5.83. The molecule has 6 nitrogen and oxygen atoms in total. The molecule has 1 rings (SSSR count). The van der Waals surface area contributed by atoms with Crippen LogP contribution in [0.5, 0.6) is 0 Å². The van der Waals surface area contributed by atoms with E-state index in [0.717, 1.165) is 5.56 Å². The van der Waals surface area contributed by atoms with Crippen molar-refractivity contribution >= 4 is 11.8 Å². The Bertz CT molecular complexity index is 421. The van der Waals surface area contributed by atoms with E-state index in [-0.39, 0.29) is 12.5 Å². The van der Waals surface area contributed by atoms with Crippen LogP contribution in [0.4, 0.5) is 0 Å². The van der Waals surface area contributed by atoms with Crippen LogP contribution >= 0.6 is 0 Å². The first-order valence-electron chi connectivity index (χ1n) is 5.56. The van der Waals surface area contributed by atoms with Crippen LogP contribution in [0, 0.1) is 0 Å². The summed E-state index contributed by atoms with van der Waals surface area (Å²) in [5.74, 6) is -0.720. The molecule has 6 heteroatoms. The molecule has 0 fully saturated rings. The van der Waals surface area contributed by atoms with Crippen molar-refractivity contribution in [3.05, 3.63) is 35.4 Å². The molecule has 0 radical (unpaired) electrons. The molecule has 98 valence electrons. The molecule has 1 aromatic rings. The minimum absolute atomic E-state index is 0.0211. The first-order chi connectivity index (χ1) is 8.63. The van der Waals surface area contributed by atoms with Crippen LogP contribution in [0.3, 0.4) is 0 Å². The van der Waals surface area contributed by atoms with Crippen LogP contribution in [-0.2, 0) is 16.1 Å². The van der Waals surface area contributed by atoms with E-state index >= 15 is 0 Å². The molecule has 0 aliphatic carbocycles. The molecule has 0 heterocycles. The molecule has 0 saturated carbocycles. The molecular formula is C12H17N3O3. The third-order valence-corrected chi connectivity index (χ3v) is 2.20. The summed E-state index contributed by atoms with van der Waals surface area (Å²) >= 11 is 0. The number of ether oxygens (including phenoxy) is 1. The number of nitrogens with two attached hydrogens (primary N) is 2. The monoisotopic (exact) mass is 251 g/mol. The molecule has 1 aromatic carbocycles. The Labute approximate surface area is 105 Å². The number of rotatable bonds is 7. The van der Waals surface area contributed by atoms with Crippen LogP contribution < -0.4 is 16.8 Å². The highest BCUT2D eigenvalue weighted by atomic mass is 16.5. The van der Waals surface area contributed by atoms with Crippen LogP contribution in [0.25, 0.3) is 0 Å². The van der Waals surface area contributed by atoms with Gasteiger partial charge in [0.1, 0.15) is 6.61 Å². The second kappa shape index (κ2) is 7.41. The van der Waals surface area contributed by atoms with Gasteiger partial charge >= 0.3 is 0 Å². The number of nitrogens with one attached hydrogen (secondary N) is 1. The van der Waals surface area contributed by atoms with Gasteiger partial charge in [0.25, 0.3) is 0 Å². The van der Waals surface area contributed by atoms with Gasteiger partial charge < -0.3 is 21.5 Å². The molecule has 5 N–H and O–H groups in total. The summed E-state index contributed by atoms with van der Waals surface area (Å²) in [5, 5.41) is 2.67. The largest absolute Gasteiger partial charge is 0.370 e. The molecule has 0 atom stereocenters. The molecule has 0 bridgehead atoms. The predicted octanol–water partition coefficient (Wildman–Crippen LogP) is -0.623. The maximum Gasteiger partial charge on any atom is 0.248 e. The van der Waals surface area contributed by atoms with Gasteiger partial charge in [-0.05, 0) is 17.7 Å². The summed E-state index contributed by atoms with van der Waals surface area (Å²) < 4.78 is 4.98. The molecule has 0 unspecified atom stereocenters. The van der Waals surface area contributed by atoms with Gasteiger partial charge in [-0.2, -0.15) is 0 Å². The van der Waals surface area contributed by atoms with Crippen LogP contribution in [0.2, 0.25) is 0 Å². The summed E-state index contributed by atoms with van der Waals surface area (Å²) in [4.78, 5) is 22.3. The van der Waals surface area contributed by atoms with E-state index in [1.165, 1.54) is 0 Å². The number of benzene rings is 1. The van der Waals surface area contributed by atoms with Gasteiger partial charge in [-0.25, -0.2) is 0 Å². The van der Waals surface area contributed by atoms with Crippen molar-refractivity contribution in [3.63, 3.8) is 0 Å². The summed E-state index contributed by atoms with van der Waals surface area (Å²) in [6.07, 6.45) is 0. The molecule has 0 aliphatic rings. The quantitative estimate of drug-likeness (QED) is 0.561. The maximum atomic E-state index is 11.3. The van der Waals surface area contributed by atoms with E-state index in [4.69, 9.17) is 16.2 Å². The number of carbonyl (C=O) groups is 2. The van der Waals surface area contributed by atoms with E-state index in [9.17, 15) is 9.59 Å². The van der Waals surface area contributed by atoms with Gasteiger partial charge in [-0.1, -0.05) is 12.1 Å². The average Bonchev–Trinajstić information content (AvgIpc) is 2.37. The third kappa shape index (κ3) is 4.94. The van der Waals surface area contributed by atoms with Crippen molar-refractivity contribution in [1.82, 2.24) is 5.32 Å². The standard InChI is InChI=1S/C12H17N3O3/c13-4-5-18-8-11(16)15-7-9-2-1-3-10(6-9)12(14)17/h1-3,6H,4-5,7-8,13H2,(H2,14,17)(H,15,16). The number of primary amides is 1. The van der Waals surface area contributed by atoms with E-state index in [1.54, 1.807) is 24.3 Å². The molecule has 0 aliphatic heterocycles. The zero-order valence-corrected chi connectivity index (χ0v) is 10.0. The van der Waals surface area contributed by atoms with Gasteiger partial charge in [0.2, 0.25) is 11.8 Å². The lowest BCUT2D eigenvalue weighted by Gasteiger charge is -2.06.